The second-order valence-corrected chi connectivity index (χ2v) is 21.8. The third-order valence-electron chi connectivity index (χ3n) is 0. The molecule has 0 aliphatic heterocycles. The summed E-state index contributed by atoms with van der Waals surface area (Å²) in [5.41, 5.74) is 0. The van der Waals surface area contributed by atoms with Gasteiger partial charge < -0.3 is 19.2 Å². The molecule has 4 N–H and O–H groups in total. The summed E-state index contributed by atoms with van der Waals surface area (Å²) < 4.78 is 310. The van der Waals surface area contributed by atoms with E-state index in [1.807, 2.05) is 0 Å². The number of hydrogen-bond acceptors (Lipinski definition) is 40. The zero-order chi connectivity index (χ0) is 47.4. The quantitative estimate of drug-likeness (QED) is 0.164. The van der Waals surface area contributed by atoms with Crippen LogP contribution in [-0.4, -0.2) is 28.2 Å². The molecule has 0 atom stereocenters. The molecule has 53 heteroatoms. The second kappa shape index (κ2) is 77.6. The van der Waals surface area contributed by atoms with E-state index >= 15 is 0 Å². The van der Waals surface area contributed by atoms with Crippen LogP contribution in [0.2, 0.25) is 0 Å². The predicted molar refractivity (Wildman–Crippen MR) is 39.3 cm³/mol. The van der Waals surface area contributed by atoms with Gasteiger partial charge in [-0.1, -0.05) is 0 Å². The van der Waals surface area contributed by atoms with Crippen LogP contribution in [0.3, 0.4) is 0 Å². The first-order valence-corrected chi connectivity index (χ1v) is 51.8. The Hall–Kier alpha value is 1.12. The fraction of sp³-hybridized carbons (Fsp3) is 0. The fourth-order valence-corrected chi connectivity index (χ4v) is 0. The van der Waals surface area contributed by atoms with Gasteiger partial charge >= 0.3 is 338 Å². The van der Waals surface area contributed by atoms with Crippen molar-refractivity contribution in [1.29, 1.82) is 0 Å². The van der Waals surface area contributed by atoms with Crippen molar-refractivity contribution in [3.05, 3.63) is 0 Å². The molecule has 0 aromatic carbocycles. The van der Waals surface area contributed by atoms with E-state index in [-0.39, 0.29) is 0 Å². The SMILES string of the molecule is O[Si](O)(O)O.[O]=[W](=[O])=[O].[O]=[W](=[O])=[O].[O]=[W](=[O])=[O].[O]=[W](=[O])=[O].[O]=[W](=[O])=[O].[O]=[W](=[O])=[O].[O]=[W](=[O])=[O].[O]=[W](=[O])=[O].[O]=[W](=[O])=[O].[O]=[W](=[O])=[O].[O]=[W](=[O])=[O].[O]=[W](=[O])=[O]. The zero-order valence-corrected chi connectivity index (χ0v) is 58.1. The van der Waals surface area contributed by atoms with E-state index in [0.717, 1.165) is 0 Å². The fourth-order valence-electron chi connectivity index (χ4n) is 0. The van der Waals surface area contributed by atoms with Gasteiger partial charge in [0, 0.05) is 0 Å². The molecule has 0 fully saturated rings. The molecule has 0 amide bonds. The molecule has 0 aromatic rings. The zero-order valence-electron chi connectivity index (χ0n) is 21.9. The van der Waals surface area contributed by atoms with Gasteiger partial charge in [-0.3, -0.25) is 0 Å². The van der Waals surface area contributed by atoms with Gasteiger partial charge in [-0.15, -0.1) is 0 Å². The van der Waals surface area contributed by atoms with Crippen LogP contribution in [0.25, 0.3) is 0 Å². The molecule has 0 saturated heterocycles. The molecule has 0 radical (unpaired) electrons. The summed E-state index contributed by atoms with van der Waals surface area (Å²) in [4.78, 5) is 29.3. The van der Waals surface area contributed by atoms with Crippen molar-refractivity contribution in [2.45, 2.75) is 0 Å². The summed E-state index contributed by atoms with van der Waals surface area (Å²) in [6.07, 6.45) is 0. The second-order valence-electron chi connectivity index (χ2n) is 3.05. The molecule has 40 nitrogen and oxygen atoms in total. The van der Waals surface area contributed by atoms with Crippen LogP contribution in [0.15, 0.2) is 0 Å². The van der Waals surface area contributed by atoms with Gasteiger partial charge in [0.05, 0.1) is 0 Å². The normalized spacial score (nSPS) is 6.57. The van der Waals surface area contributed by atoms with Crippen molar-refractivity contribution in [2.75, 3.05) is 0 Å². The third-order valence-corrected chi connectivity index (χ3v) is 0. The molecule has 0 bridgehead atoms. The molecule has 53 heavy (non-hydrogen) atoms. The molecule has 0 aliphatic rings. The maximum absolute atomic E-state index is 8.61. The van der Waals surface area contributed by atoms with Crippen LogP contribution in [-0.2, 0) is 329 Å². The average molecular weight is 2880 g/mol. The molecule has 0 heterocycles. The van der Waals surface area contributed by atoms with Gasteiger partial charge in [0.15, 0.2) is 0 Å². The van der Waals surface area contributed by atoms with Crippen LogP contribution in [0.4, 0.5) is 0 Å². The molecule has 320 valence electrons. The minimum atomic E-state index is -4.61. The van der Waals surface area contributed by atoms with Crippen LogP contribution in [0.5, 0.6) is 0 Å². The summed E-state index contributed by atoms with van der Waals surface area (Å²) in [5, 5.41) is 0. The Labute approximate surface area is 350 Å². The average Bonchev–Trinajstić information content (AvgIpc) is 2.66. The van der Waals surface area contributed by atoms with Crippen molar-refractivity contribution < 1.29 is 348 Å². The number of rotatable bonds is 0. The Morgan fingerprint density at radius 2 is 0.151 bits per heavy atom. The predicted octanol–water partition coefficient (Wildman–Crippen LogP) is -6.92. The molecule has 0 aromatic heterocycles. The van der Waals surface area contributed by atoms with Crippen molar-refractivity contribution >= 4 is 9.05 Å². The van der Waals surface area contributed by atoms with Gasteiger partial charge in [-0.05, 0) is 0 Å². The van der Waals surface area contributed by atoms with Crippen molar-refractivity contribution in [2.24, 2.45) is 0 Å². The summed E-state index contributed by atoms with van der Waals surface area (Å²) in [7, 11) is -4.61. The Morgan fingerprint density at radius 3 is 0.151 bits per heavy atom. The van der Waals surface area contributed by atoms with Crippen LogP contribution < -0.4 is 0 Å². The molecule has 0 rings (SSSR count). The third kappa shape index (κ3) is 111000. The summed E-state index contributed by atoms with van der Waals surface area (Å²) >= 11 is -51.3. The maximum atomic E-state index is 8.61. The Bertz CT molecular complexity index is 1620. The molecular weight excluding hydrogens is 2870 g/mol. The van der Waals surface area contributed by atoms with Gasteiger partial charge in [0.1, 0.15) is 0 Å². The summed E-state index contributed by atoms with van der Waals surface area (Å²) in [6, 6.07) is 0. The van der Waals surface area contributed by atoms with E-state index in [1.54, 1.807) is 0 Å². The molecular formula is H4O40SiW12. The first-order valence-electron chi connectivity index (χ1n) is 6.89. The Kier molecular flexibility index (Phi) is 132. The first kappa shape index (κ1) is 90.3. The molecule has 0 saturated carbocycles. The van der Waals surface area contributed by atoms with Gasteiger partial charge in [0.2, 0.25) is 0 Å². The molecule has 0 aliphatic carbocycles. The topological polar surface area (TPSA) is 695 Å². The van der Waals surface area contributed by atoms with Crippen LogP contribution in [0, 0.1) is 0 Å². The summed E-state index contributed by atoms with van der Waals surface area (Å²) in [6.45, 7) is 0. The Balaban J connectivity index is -0.0000000297. The van der Waals surface area contributed by atoms with E-state index in [0.29, 0.717) is 0 Å². The van der Waals surface area contributed by atoms with Gasteiger partial charge in [0.25, 0.3) is 0 Å². The van der Waals surface area contributed by atoms with E-state index < -0.39 is 215 Å². The van der Waals surface area contributed by atoms with Gasteiger partial charge in [-0.25, -0.2) is 0 Å². The van der Waals surface area contributed by atoms with E-state index in [9.17, 15) is 0 Å². The minimum absolute atomic E-state index is 4.28. The van der Waals surface area contributed by atoms with Crippen molar-refractivity contribution in [3.63, 3.8) is 0 Å². The van der Waals surface area contributed by atoms with Crippen molar-refractivity contribution in [1.82, 2.24) is 0 Å². The van der Waals surface area contributed by atoms with E-state index in [4.69, 9.17) is 141 Å². The monoisotopic (exact) mass is 2880 g/mol. The van der Waals surface area contributed by atoms with Crippen molar-refractivity contribution in [3.8, 4) is 0 Å². The summed E-state index contributed by atoms with van der Waals surface area (Å²) in [5.74, 6) is 0. The standard InChI is InChI=1S/H4O4Si.36O.12W/c1-5(2,3)4;;;;;;;;;;;;;;;;;;;;;;;;;;;;;;;;;;;;;;;;;;;;;;;;/h1-4H;;;;;;;;;;;;;;;;;;;;;;;;;;;;;;;;;;;;;;;;;;;;;;;;. The van der Waals surface area contributed by atoms with Crippen LogP contribution >= 0.6 is 0 Å². The van der Waals surface area contributed by atoms with E-state index in [2.05, 4.69) is 0 Å². The number of hydrogen-bond donors (Lipinski definition) is 4. The molecule has 0 unspecified atom stereocenters. The Morgan fingerprint density at radius 1 is 0.151 bits per heavy atom. The van der Waals surface area contributed by atoms with Gasteiger partial charge in [-0.2, -0.15) is 0 Å². The first-order chi connectivity index (χ1) is 22.8. The van der Waals surface area contributed by atoms with E-state index in [1.165, 1.54) is 0 Å². The molecule has 0 spiro atoms. The van der Waals surface area contributed by atoms with Crippen LogP contribution in [0.1, 0.15) is 0 Å².